The second-order valence-electron chi connectivity index (χ2n) is 7.99. The number of aromatic nitrogens is 3. The Kier molecular flexibility index (Phi) is 6.85. The van der Waals surface area contributed by atoms with E-state index in [1.165, 1.54) is 27.8 Å². The predicted molar refractivity (Wildman–Crippen MR) is 128 cm³/mol. The fourth-order valence-corrected chi connectivity index (χ4v) is 4.73. The quantitative estimate of drug-likeness (QED) is 0.378. The summed E-state index contributed by atoms with van der Waals surface area (Å²) in [5.41, 5.74) is 12.9. The third kappa shape index (κ3) is 5.63. The van der Waals surface area contributed by atoms with Crippen molar-refractivity contribution in [3.8, 4) is 0 Å². The van der Waals surface area contributed by atoms with Crippen molar-refractivity contribution in [3.63, 3.8) is 0 Å². The van der Waals surface area contributed by atoms with E-state index in [0.717, 1.165) is 23.2 Å². The molecule has 0 saturated heterocycles. The van der Waals surface area contributed by atoms with Crippen molar-refractivity contribution in [2.75, 3.05) is 0 Å². The molecule has 3 aromatic carbocycles. The van der Waals surface area contributed by atoms with Crippen LogP contribution in [0, 0.1) is 13.8 Å². The highest BCUT2D eigenvalue weighted by molar-refractivity contribution is 7.98. The van der Waals surface area contributed by atoms with E-state index in [0.29, 0.717) is 6.54 Å². The Bertz CT molecular complexity index is 1100. The first kappa shape index (κ1) is 21.3. The number of hydrogen-bond donors (Lipinski definition) is 1. The molecule has 1 atom stereocenters. The third-order valence-corrected chi connectivity index (χ3v) is 6.25. The van der Waals surface area contributed by atoms with Crippen molar-refractivity contribution < 1.29 is 0 Å². The maximum atomic E-state index is 6.61. The molecular formula is C26H28N4S. The van der Waals surface area contributed by atoms with Gasteiger partial charge >= 0.3 is 0 Å². The van der Waals surface area contributed by atoms with Crippen LogP contribution in [0.15, 0.2) is 84.0 Å². The van der Waals surface area contributed by atoms with Crippen LogP contribution in [0.4, 0.5) is 0 Å². The lowest BCUT2D eigenvalue weighted by atomic mass is 10.1. The van der Waals surface area contributed by atoms with Crippen molar-refractivity contribution in [1.82, 2.24) is 14.8 Å². The lowest BCUT2D eigenvalue weighted by molar-refractivity contribution is 0.588. The van der Waals surface area contributed by atoms with E-state index in [2.05, 4.69) is 83.2 Å². The van der Waals surface area contributed by atoms with E-state index < -0.39 is 0 Å². The Morgan fingerprint density at radius 1 is 0.806 bits per heavy atom. The van der Waals surface area contributed by atoms with E-state index in [4.69, 9.17) is 5.73 Å². The van der Waals surface area contributed by atoms with Gasteiger partial charge in [0, 0.05) is 5.75 Å². The predicted octanol–water partition coefficient (Wildman–Crippen LogP) is 5.48. The van der Waals surface area contributed by atoms with Crippen LogP contribution < -0.4 is 5.73 Å². The number of nitrogens with zero attached hydrogens (tertiary/aromatic N) is 3. The molecule has 158 valence electrons. The van der Waals surface area contributed by atoms with Crippen LogP contribution in [0.5, 0.6) is 0 Å². The molecule has 0 aliphatic carbocycles. The molecule has 0 aliphatic rings. The van der Waals surface area contributed by atoms with Gasteiger partial charge in [-0.15, -0.1) is 10.2 Å². The highest BCUT2D eigenvalue weighted by atomic mass is 32.2. The summed E-state index contributed by atoms with van der Waals surface area (Å²) in [6.45, 7) is 4.99. The molecule has 0 spiro atoms. The average molecular weight is 429 g/mol. The van der Waals surface area contributed by atoms with Crippen LogP contribution in [0.3, 0.4) is 0 Å². The van der Waals surface area contributed by atoms with Gasteiger partial charge in [0.25, 0.3) is 0 Å². The number of nitrogens with two attached hydrogens (primary N) is 1. The molecule has 1 heterocycles. The Morgan fingerprint density at radius 2 is 1.42 bits per heavy atom. The van der Waals surface area contributed by atoms with Gasteiger partial charge in [0.05, 0.1) is 12.6 Å². The second kappa shape index (κ2) is 9.94. The largest absolute Gasteiger partial charge is 0.321 e. The van der Waals surface area contributed by atoms with Crippen molar-refractivity contribution in [1.29, 1.82) is 0 Å². The molecule has 0 unspecified atom stereocenters. The Labute approximate surface area is 188 Å². The molecular weight excluding hydrogens is 400 g/mol. The molecule has 0 aliphatic heterocycles. The molecule has 1 aromatic heterocycles. The summed E-state index contributed by atoms with van der Waals surface area (Å²) in [5, 5.41) is 9.96. The number of rotatable bonds is 8. The van der Waals surface area contributed by atoms with Gasteiger partial charge in [-0.05, 0) is 37.0 Å². The summed E-state index contributed by atoms with van der Waals surface area (Å²) in [6.07, 6.45) is 0.732. The SMILES string of the molecule is Cc1cc(C)cc(CSc2nnc([C@@H](N)Cc3ccccc3)n2Cc2ccccc2)c1. The monoisotopic (exact) mass is 428 g/mol. The van der Waals surface area contributed by atoms with Crippen LogP contribution in [0.25, 0.3) is 0 Å². The molecule has 2 N–H and O–H groups in total. The van der Waals surface area contributed by atoms with Gasteiger partial charge in [0.15, 0.2) is 11.0 Å². The molecule has 0 bridgehead atoms. The van der Waals surface area contributed by atoms with Crippen LogP contribution in [0.1, 0.15) is 39.7 Å². The Balaban J connectivity index is 1.59. The van der Waals surface area contributed by atoms with Gasteiger partial charge in [-0.1, -0.05) is 102 Å². The minimum absolute atomic E-state index is 0.214. The summed E-state index contributed by atoms with van der Waals surface area (Å²) >= 11 is 1.72. The maximum absolute atomic E-state index is 6.61. The highest BCUT2D eigenvalue weighted by Gasteiger charge is 2.19. The summed E-state index contributed by atoms with van der Waals surface area (Å²) in [7, 11) is 0. The molecule has 31 heavy (non-hydrogen) atoms. The molecule has 4 aromatic rings. The van der Waals surface area contributed by atoms with Gasteiger partial charge in [-0.3, -0.25) is 0 Å². The summed E-state index contributed by atoms with van der Waals surface area (Å²) < 4.78 is 2.18. The average Bonchev–Trinajstić information content (AvgIpc) is 3.15. The molecule has 0 radical (unpaired) electrons. The lowest BCUT2D eigenvalue weighted by Crippen LogP contribution is -2.20. The number of hydrogen-bond acceptors (Lipinski definition) is 4. The molecule has 0 amide bonds. The zero-order valence-corrected chi connectivity index (χ0v) is 18.8. The van der Waals surface area contributed by atoms with E-state index in [9.17, 15) is 0 Å². The topological polar surface area (TPSA) is 56.7 Å². The van der Waals surface area contributed by atoms with Crippen LogP contribution in [-0.4, -0.2) is 14.8 Å². The number of thioether (sulfide) groups is 1. The lowest BCUT2D eigenvalue weighted by Gasteiger charge is -2.15. The van der Waals surface area contributed by atoms with Crippen molar-refractivity contribution in [3.05, 3.63) is 113 Å². The fourth-order valence-electron chi connectivity index (χ4n) is 3.86. The first-order valence-electron chi connectivity index (χ1n) is 10.5. The first-order chi connectivity index (χ1) is 15.1. The van der Waals surface area contributed by atoms with E-state index in [-0.39, 0.29) is 6.04 Å². The number of benzene rings is 3. The summed E-state index contributed by atoms with van der Waals surface area (Å²) in [4.78, 5) is 0. The molecule has 5 heteroatoms. The van der Waals surface area contributed by atoms with Crippen LogP contribution >= 0.6 is 11.8 Å². The smallest absolute Gasteiger partial charge is 0.191 e. The Hall–Kier alpha value is -2.89. The van der Waals surface area contributed by atoms with E-state index >= 15 is 0 Å². The minimum atomic E-state index is -0.214. The van der Waals surface area contributed by atoms with Gasteiger partial charge in [0.1, 0.15) is 0 Å². The Morgan fingerprint density at radius 3 is 2.06 bits per heavy atom. The van der Waals surface area contributed by atoms with Crippen molar-refractivity contribution >= 4 is 11.8 Å². The standard InChI is InChI=1S/C26H28N4S/c1-19-13-20(2)15-23(14-19)18-31-26-29-28-25(24(27)16-21-9-5-3-6-10-21)30(26)17-22-11-7-4-8-12-22/h3-15,24H,16-18,27H2,1-2H3/t24-/m0/s1. The van der Waals surface area contributed by atoms with Crippen LogP contribution in [-0.2, 0) is 18.7 Å². The zero-order chi connectivity index (χ0) is 21.6. The molecule has 0 fully saturated rings. The van der Waals surface area contributed by atoms with Gasteiger partial charge in [-0.25, -0.2) is 0 Å². The number of aryl methyl sites for hydroxylation is 2. The van der Waals surface area contributed by atoms with Gasteiger partial charge < -0.3 is 10.3 Å². The van der Waals surface area contributed by atoms with E-state index in [1.807, 2.05) is 24.3 Å². The molecule has 4 nitrogen and oxygen atoms in total. The summed E-state index contributed by atoms with van der Waals surface area (Å²) in [5.74, 6) is 1.68. The third-order valence-electron chi connectivity index (χ3n) is 5.21. The second-order valence-corrected chi connectivity index (χ2v) is 8.94. The zero-order valence-electron chi connectivity index (χ0n) is 18.0. The van der Waals surface area contributed by atoms with Gasteiger partial charge in [0.2, 0.25) is 0 Å². The first-order valence-corrected chi connectivity index (χ1v) is 11.5. The van der Waals surface area contributed by atoms with Gasteiger partial charge in [-0.2, -0.15) is 0 Å². The van der Waals surface area contributed by atoms with Crippen molar-refractivity contribution in [2.24, 2.45) is 5.73 Å². The highest BCUT2D eigenvalue weighted by Crippen LogP contribution is 2.26. The maximum Gasteiger partial charge on any atom is 0.191 e. The molecule has 4 rings (SSSR count). The van der Waals surface area contributed by atoms with Crippen molar-refractivity contribution in [2.45, 2.75) is 43.8 Å². The fraction of sp³-hybridized carbons (Fsp3) is 0.231. The minimum Gasteiger partial charge on any atom is -0.321 e. The normalized spacial score (nSPS) is 12.1. The molecule has 0 saturated carbocycles. The van der Waals surface area contributed by atoms with Crippen LogP contribution in [0.2, 0.25) is 0 Å². The summed E-state index contributed by atoms with van der Waals surface area (Å²) in [6, 6.07) is 27.2. The van der Waals surface area contributed by atoms with E-state index in [1.54, 1.807) is 11.8 Å².